The Balaban J connectivity index is 0.00000136. The third kappa shape index (κ3) is 5.07. The Morgan fingerprint density at radius 2 is 1.93 bits per heavy atom. The third-order valence-electron chi connectivity index (χ3n) is 4.22. The number of cyclic esters (lactones) is 1. The molecule has 3 rings (SSSR count). The van der Waals surface area contributed by atoms with Gasteiger partial charge in [0.05, 0.1) is 18.8 Å². The molecule has 0 spiro atoms. The molecule has 2 amide bonds. The van der Waals surface area contributed by atoms with Crippen LogP contribution in [0.3, 0.4) is 0 Å². The van der Waals surface area contributed by atoms with Crippen LogP contribution >= 0.6 is 0 Å². The molecule has 1 aliphatic heterocycles. The quantitative estimate of drug-likeness (QED) is 0.823. The number of halogens is 1. The minimum absolute atomic E-state index is 0.199. The van der Waals surface area contributed by atoms with E-state index in [1.807, 2.05) is 38.1 Å². The van der Waals surface area contributed by atoms with Gasteiger partial charge in [-0.15, -0.1) is 0 Å². The molecule has 1 atom stereocenters. The number of carbonyl (C=O) groups excluding carboxylic acids is 2. The minimum atomic E-state index is -0.556. The highest BCUT2D eigenvalue weighted by Gasteiger charge is 2.32. The van der Waals surface area contributed by atoms with Gasteiger partial charge in [0.25, 0.3) is 0 Å². The summed E-state index contributed by atoms with van der Waals surface area (Å²) in [6.07, 6.45) is -1.02. The van der Waals surface area contributed by atoms with E-state index in [-0.39, 0.29) is 19.0 Å². The van der Waals surface area contributed by atoms with E-state index < -0.39 is 18.0 Å². The van der Waals surface area contributed by atoms with Crippen molar-refractivity contribution in [2.45, 2.75) is 33.4 Å². The topological polar surface area (TPSA) is 84.7 Å². The fourth-order valence-corrected chi connectivity index (χ4v) is 2.82. The summed E-state index contributed by atoms with van der Waals surface area (Å²) in [6.45, 7) is 6.30. The van der Waals surface area contributed by atoms with Crippen molar-refractivity contribution in [3.63, 3.8) is 0 Å². The van der Waals surface area contributed by atoms with Gasteiger partial charge in [-0.2, -0.15) is 0 Å². The lowest BCUT2D eigenvalue weighted by molar-refractivity contribution is -0.119. The highest BCUT2D eigenvalue weighted by Crippen LogP contribution is 2.29. The number of carbonyl (C=O) groups is 2. The maximum absolute atomic E-state index is 14.6. The van der Waals surface area contributed by atoms with Crippen molar-refractivity contribution in [2.75, 3.05) is 18.0 Å². The molecule has 28 heavy (non-hydrogen) atoms. The Kier molecular flexibility index (Phi) is 7.52. The highest BCUT2D eigenvalue weighted by molar-refractivity contribution is 5.90. The van der Waals surface area contributed by atoms with Crippen molar-refractivity contribution < 1.29 is 18.7 Å². The molecule has 0 aliphatic carbocycles. The number of amides is 2. The summed E-state index contributed by atoms with van der Waals surface area (Å²) in [4.78, 5) is 24.4. The summed E-state index contributed by atoms with van der Waals surface area (Å²) in [5.74, 6) is -0.628. The largest absolute Gasteiger partial charge is 0.442 e. The second-order valence-corrected chi connectivity index (χ2v) is 6.12. The average molecular weight is 387 g/mol. The first-order chi connectivity index (χ1) is 13.5. The normalized spacial score (nSPS) is 15.5. The second-order valence-electron chi connectivity index (χ2n) is 6.12. The summed E-state index contributed by atoms with van der Waals surface area (Å²) in [5.41, 5.74) is 8.14. The van der Waals surface area contributed by atoms with Gasteiger partial charge >= 0.3 is 6.09 Å². The first-order valence-corrected chi connectivity index (χ1v) is 9.29. The number of nitrogens with zero attached hydrogens (tertiary/aromatic N) is 1. The van der Waals surface area contributed by atoms with Gasteiger partial charge in [0.2, 0.25) is 5.91 Å². The van der Waals surface area contributed by atoms with Crippen molar-refractivity contribution in [2.24, 2.45) is 5.73 Å². The van der Waals surface area contributed by atoms with Crippen LogP contribution in [-0.4, -0.2) is 31.2 Å². The molecule has 1 heterocycles. The zero-order valence-corrected chi connectivity index (χ0v) is 16.4. The molecule has 7 heteroatoms. The zero-order valence-electron chi connectivity index (χ0n) is 16.4. The number of rotatable bonds is 5. The summed E-state index contributed by atoms with van der Waals surface area (Å²) in [7, 11) is 0. The molecule has 0 bridgehead atoms. The maximum atomic E-state index is 14.6. The van der Waals surface area contributed by atoms with Crippen molar-refractivity contribution in [1.29, 1.82) is 0 Å². The standard InChI is InChI=1S/C19H20FN3O3.C2H6/c1-12(24)22-10-16-11-23(19(25)26-16)15-6-7-17(18(20)8-15)14-4-2-13(9-21)3-5-14;1-2/h2-8,16H,9-11,21H2,1H3,(H,22,24);1-2H3. The Morgan fingerprint density at radius 3 is 2.50 bits per heavy atom. The molecule has 6 nitrogen and oxygen atoms in total. The van der Waals surface area contributed by atoms with Gasteiger partial charge in [-0.05, 0) is 29.3 Å². The van der Waals surface area contributed by atoms with E-state index in [1.165, 1.54) is 17.9 Å². The van der Waals surface area contributed by atoms with E-state index in [9.17, 15) is 14.0 Å². The van der Waals surface area contributed by atoms with E-state index in [0.717, 1.165) is 11.1 Å². The van der Waals surface area contributed by atoms with Crippen molar-refractivity contribution >= 4 is 17.7 Å². The number of hydrogen-bond acceptors (Lipinski definition) is 4. The lowest BCUT2D eigenvalue weighted by atomic mass is 10.0. The van der Waals surface area contributed by atoms with Crippen molar-refractivity contribution in [3.05, 3.63) is 53.8 Å². The van der Waals surface area contributed by atoms with E-state index in [4.69, 9.17) is 10.5 Å². The first kappa shape index (κ1) is 21.4. The predicted molar refractivity (Wildman–Crippen MR) is 107 cm³/mol. The summed E-state index contributed by atoms with van der Waals surface area (Å²) < 4.78 is 19.8. The molecular formula is C21H26FN3O3. The van der Waals surface area contributed by atoms with Crippen LogP contribution in [0.5, 0.6) is 0 Å². The average Bonchev–Trinajstić information content (AvgIpc) is 3.08. The van der Waals surface area contributed by atoms with Gasteiger partial charge in [-0.1, -0.05) is 38.1 Å². The molecule has 0 radical (unpaired) electrons. The summed E-state index contributed by atoms with van der Waals surface area (Å²) >= 11 is 0. The van der Waals surface area contributed by atoms with E-state index in [2.05, 4.69) is 5.32 Å². The number of nitrogens with one attached hydrogen (secondary N) is 1. The Morgan fingerprint density at radius 1 is 1.25 bits per heavy atom. The van der Waals surface area contributed by atoms with Crippen LogP contribution in [0.1, 0.15) is 26.3 Å². The van der Waals surface area contributed by atoms with E-state index in [0.29, 0.717) is 17.8 Å². The predicted octanol–water partition coefficient (Wildman–Crippen LogP) is 3.44. The fourth-order valence-electron chi connectivity index (χ4n) is 2.82. The fraction of sp³-hybridized carbons (Fsp3) is 0.333. The number of hydrogen-bond donors (Lipinski definition) is 2. The molecule has 150 valence electrons. The summed E-state index contributed by atoms with van der Waals surface area (Å²) in [5, 5.41) is 2.61. The number of anilines is 1. The Labute approximate surface area is 164 Å². The van der Waals surface area contributed by atoms with Gasteiger partial charge in [-0.3, -0.25) is 9.69 Å². The van der Waals surface area contributed by atoms with E-state index >= 15 is 0 Å². The molecule has 1 saturated heterocycles. The van der Waals surface area contributed by atoms with Crippen LogP contribution in [0.4, 0.5) is 14.9 Å². The molecule has 3 N–H and O–H groups in total. The van der Waals surface area contributed by atoms with Crippen LogP contribution in [-0.2, 0) is 16.1 Å². The highest BCUT2D eigenvalue weighted by atomic mass is 19.1. The van der Waals surface area contributed by atoms with E-state index in [1.54, 1.807) is 12.1 Å². The van der Waals surface area contributed by atoms with Crippen molar-refractivity contribution in [3.8, 4) is 11.1 Å². The molecule has 2 aromatic carbocycles. The lowest BCUT2D eigenvalue weighted by Gasteiger charge is -2.14. The van der Waals surface area contributed by atoms with Gasteiger partial charge in [0.1, 0.15) is 11.9 Å². The second kappa shape index (κ2) is 9.85. The molecule has 0 saturated carbocycles. The van der Waals surface area contributed by atoms with Crippen LogP contribution in [0, 0.1) is 5.82 Å². The smallest absolute Gasteiger partial charge is 0.414 e. The minimum Gasteiger partial charge on any atom is -0.442 e. The van der Waals surface area contributed by atoms with Crippen molar-refractivity contribution in [1.82, 2.24) is 5.32 Å². The van der Waals surface area contributed by atoms with Gasteiger partial charge < -0.3 is 15.8 Å². The van der Waals surface area contributed by atoms with Crippen LogP contribution in [0.25, 0.3) is 11.1 Å². The third-order valence-corrected chi connectivity index (χ3v) is 4.22. The zero-order chi connectivity index (χ0) is 20.7. The molecular weight excluding hydrogens is 361 g/mol. The van der Waals surface area contributed by atoms with Crippen LogP contribution in [0.2, 0.25) is 0 Å². The van der Waals surface area contributed by atoms with Crippen LogP contribution in [0.15, 0.2) is 42.5 Å². The van der Waals surface area contributed by atoms with Gasteiger partial charge in [-0.25, -0.2) is 9.18 Å². The SMILES string of the molecule is CC.CC(=O)NCC1CN(c2ccc(-c3ccc(CN)cc3)c(F)c2)C(=O)O1. The molecule has 1 unspecified atom stereocenters. The maximum Gasteiger partial charge on any atom is 0.414 e. The van der Waals surface area contributed by atoms with Gasteiger partial charge in [0, 0.05) is 19.0 Å². The molecule has 1 fully saturated rings. The number of nitrogens with two attached hydrogens (primary N) is 1. The molecule has 1 aliphatic rings. The van der Waals surface area contributed by atoms with Crippen LogP contribution < -0.4 is 16.0 Å². The number of ether oxygens (including phenoxy) is 1. The summed E-state index contributed by atoms with van der Waals surface area (Å²) in [6, 6.07) is 12.0. The first-order valence-electron chi connectivity index (χ1n) is 9.29. The monoisotopic (exact) mass is 387 g/mol. The Hall–Kier alpha value is -2.93. The molecule has 2 aromatic rings. The number of benzene rings is 2. The molecule has 0 aromatic heterocycles. The Bertz CT molecular complexity index is 824. The van der Waals surface area contributed by atoms with Gasteiger partial charge in [0.15, 0.2) is 0 Å². The lowest BCUT2D eigenvalue weighted by Crippen LogP contribution is -2.33.